The molecule has 8 atom stereocenters. The summed E-state index contributed by atoms with van der Waals surface area (Å²) in [4.78, 5) is 13.2. The Morgan fingerprint density at radius 2 is 2.23 bits per heavy atom. The lowest BCUT2D eigenvalue weighted by atomic mass is 9.99. The summed E-state index contributed by atoms with van der Waals surface area (Å²) < 4.78 is 0. The Morgan fingerprint density at radius 1 is 1.38 bits per heavy atom. The molecule has 8 rings (SSSR count). The monoisotopic (exact) mass is 169 g/mol. The van der Waals surface area contributed by atoms with Crippen LogP contribution in [-0.4, -0.2) is 23.4 Å². The van der Waals surface area contributed by atoms with E-state index in [1.807, 2.05) is 0 Å². The molecule has 8 fully saturated rings. The van der Waals surface area contributed by atoms with Crippen LogP contribution in [0.15, 0.2) is 0 Å². The van der Waals surface area contributed by atoms with Gasteiger partial charge in [0, 0.05) is 11.5 Å². The zero-order valence-corrected chi connectivity index (χ0v) is 7.00. The second kappa shape index (κ2) is 0.582. The fourth-order valence-corrected chi connectivity index (χ4v) is 8.38. The zero-order valence-electron chi connectivity index (χ0n) is 7.00. The molecule has 0 bridgehead atoms. The highest BCUT2D eigenvalue weighted by Gasteiger charge is 3.58. The van der Waals surface area contributed by atoms with E-state index in [2.05, 4.69) is 4.90 Å². The van der Waals surface area contributed by atoms with Crippen molar-refractivity contribution < 1.29 is 4.79 Å². The normalized spacial score (nSPS) is 108. The summed E-state index contributed by atoms with van der Waals surface area (Å²) >= 11 is 0. The topological polar surface area (TPSA) is 20.1 Å². The summed E-state index contributed by atoms with van der Waals surface area (Å²) in [6.07, 6.45) is 1.60. The van der Waals surface area contributed by atoms with Gasteiger partial charge in [-0.3, -0.25) is 4.79 Å². The van der Waals surface area contributed by atoms with Crippen LogP contribution in [0.1, 0.15) is 6.42 Å². The van der Waals surface area contributed by atoms with Crippen molar-refractivity contribution in [2.45, 2.75) is 12.5 Å². The molecular weight excluding hydrogens is 162 g/mol. The first kappa shape index (κ1) is 4.33. The molecule has 2 heteroatoms. The van der Waals surface area contributed by atoms with Crippen LogP contribution in [-0.2, 0) is 4.79 Å². The van der Waals surface area contributed by atoms with Gasteiger partial charge in [-0.1, -0.05) is 0 Å². The Morgan fingerprint density at radius 3 is 2.77 bits per heavy atom. The second-order valence-corrected chi connectivity index (χ2v) is 6.91. The number of nitrogens with zero attached hydrogens (tertiary/aromatic N) is 1. The molecule has 7 aliphatic carbocycles. The Balaban J connectivity index is 1.39. The minimum Gasteiger partial charge on any atom is -0.328 e. The third kappa shape index (κ3) is 0.108. The van der Waals surface area contributed by atoms with Crippen molar-refractivity contribution in [1.29, 1.82) is 0 Å². The van der Waals surface area contributed by atoms with Gasteiger partial charge in [0.2, 0.25) is 5.91 Å². The van der Waals surface area contributed by atoms with E-state index in [-0.39, 0.29) is 0 Å². The van der Waals surface area contributed by atoms with Gasteiger partial charge < -0.3 is 4.90 Å². The fourth-order valence-electron chi connectivity index (χ4n) is 8.38. The van der Waals surface area contributed by atoms with Crippen LogP contribution >= 0.6 is 0 Å². The van der Waals surface area contributed by atoms with Gasteiger partial charge in [-0.2, -0.15) is 0 Å². The minimum absolute atomic E-state index is 0.442. The van der Waals surface area contributed by atoms with Crippen LogP contribution < -0.4 is 0 Å². The predicted octanol–water partition coefficient (Wildman–Crippen LogP) is -0.153. The maximum Gasteiger partial charge on any atom is 0.242 e. The van der Waals surface area contributed by atoms with Gasteiger partial charge >= 0.3 is 0 Å². The van der Waals surface area contributed by atoms with Crippen molar-refractivity contribution in [3.63, 3.8) is 0 Å². The van der Waals surface area contributed by atoms with Gasteiger partial charge in [0.15, 0.2) is 0 Å². The zero-order chi connectivity index (χ0) is 7.80. The molecule has 13 heavy (non-hydrogen) atoms. The van der Waals surface area contributed by atoms with Crippen LogP contribution in [0.5, 0.6) is 0 Å². The Hall–Kier alpha value is -0.530. The van der Waals surface area contributed by atoms with Crippen LogP contribution in [0.25, 0.3) is 0 Å². The molecule has 0 aromatic rings. The molecule has 0 N–H and O–H groups in total. The first-order valence-electron chi connectivity index (χ1n) is 5.64. The van der Waals surface area contributed by atoms with Crippen molar-refractivity contribution >= 4 is 5.91 Å². The van der Waals surface area contributed by atoms with E-state index < -0.39 is 0 Å². The van der Waals surface area contributed by atoms with Crippen molar-refractivity contribution in [2.24, 2.45) is 38.9 Å². The maximum absolute atomic E-state index is 11.0. The lowest BCUT2D eigenvalue weighted by Gasteiger charge is -2.12. The molecule has 0 aromatic carbocycles. The molecule has 1 heterocycles. The quantitative estimate of drug-likeness (QED) is 0.500. The summed E-state index contributed by atoms with van der Waals surface area (Å²) in [7, 11) is 0. The van der Waals surface area contributed by atoms with Gasteiger partial charge in [-0.15, -0.1) is 0 Å². The smallest absolute Gasteiger partial charge is 0.242 e. The highest BCUT2D eigenvalue weighted by atomic mass is 16.2. The Bertz CT molecular complexity index is 570. The molecule has 1 amide bonds. The summed E-state index contributed by atoms with van der Waals surface area (Å²) in [6.45, 7) is 0.804. The SMILES string of the molecule is O=C1CN1C1C2C13C21C24C5CC52C341. The summed E-state index contributed by atoms with van der Waals surface area (Å²) in [5.74, 6) is 2.74. The van der Waals surface area contributed by atoms with Crippen molar-refractivity contribution in [2.75, 3.05) is 6.54 Å². The third-order valence-corrected chi connectivity index (χ3v) is 8.07. The number of hydrogen-bond acceptors (Lipinski definition) is 1. The van der Waals surface area contributed by atoms with Crippen LogP contribution in [0.4, 0.5) is 0 Å². The van der Waals surface area contributed by atoms with Crippen LogP contribution in [0, 0.1) is 38.9 Å². The molecule has 1 aliphatic heterocycles. The first-order valence-corrected chi connectivity index (χ1v) is 5.64. The van der Waals surface area contributed by atoms with E-state index in [0.717, 1.165) is 45.6 Å². The average Bonchev–Trinajstić information content (AvgIpc) is 2.77. The van der Waals surface area contributed by atoms with Gasteiger partial charge in [-0.05, 0) is 39.9 Å². The van der Waals surface area contributed by atoms with Crippen molar-refractivity contribution in [1.82, 2.24) is 4.90 Å². The van der Waals surface area contributed by atoms with Crippen molar-refractivity contribution in [3.05, 3.63) is 0 Å². The van der Waals surface area contributed by atoms with Crippen molar-refractivity contribution in [3.8, 4) is 0 Å². The maximum atomic E-state index is 11.0. The standard InChI is InChI=1S/C11H7NO/c13-4-2-12(4)6-5-8(6)10(5)9-3-1-7(3,9)11(8,9)10/h3,5-6H,1-2H2. The summed E-state index contributed by atoms with van der Waals surface area (Å²) in [5.41, 5.74) is 4.77. The molecular formula is C11H7NO. The molecule has 1 saturated heterocycles. The number of hydrogen-bond donors (Lipinski definition) is 0. The van der Waals surface area contributed by atoms with Gasteiger partial charge in [0.05, 0.1) is 0 Å². The number of carbonyl (C=O) groups excluding carboxylic acids is 1. The fraction of sp³-hybridized carbons (Fsp3) is 0.909. The molecule has 62 valence electrons. The Kier molecular flexibility index (Phi) is 0.194. The molecule has 5 spiro atoms. The number of rotatable bonds is 1. The predicted molar refractivity (Wildman–Crippen MR) is 39.3 cm³/mol. The first-order chi connectivity index (χ1) is 6.35. The highest BCUT2D eigenvalue weighted by molar-refractivity contribution is 6.06. The van der Waals surface area contributed by atoms with E-state index in [9.17, 15) is 4.79 Å². The van der Waals surface area contributed by atoms with E-state index in [4.69, 9.17) is 0 Å². The lowest BCUT2D eigenvalue weighted by Crippen LogP contribution is -2.19. The third-order valence-electron chi connectivity index (χ3n) is 8.07. The molecule has 8 aliphatic rings. The van der Waals surface area contributed by atoms with Gasteiger partial charge in [0.1, 0.15) is 6.54 Å². The van der Waals surface area contributed by atoms with Gasteiger partial charge in [-0.25, -0.2) is 0 Å². The van der Waals surface area contributed by atoms with E-state index >= 15 is 0 Å². The Labute approximate surface area is 74.3 Å². The second-order valence-electron chi connectivity index (χ2n) is 6.91. The number of carbonyl (C=O) groups is 1. The van der Waals surface area contributed by atoms with Gasteiger partial charge in [0.25, 0.3) is 0 Å². The highest BCUT2D eigenvalue weighted by Crippen LogP contribution is 3.58. The van der Waals surface area contributed by atoms with E-state index in [1.165, 1.54) is 5.92 Å². The van der Waals surface area contributed by atoms with Crippen LogP contribution in [0.2, 0.25) is 0 Å². The molecule has 0 aromatic heterocycles. The van der Waals surface area contributed by atoms with E-state index in [1.54, 1.807) is 6.42 Å². The molecule has 2 nitrogen and oxygen atoms in total. The van der Waals surface area contributed by atoms with E-state index in [0.29, 0.717) is 5.91 Å². The number of amides is 1. The average molecular weight is 169 g/mol. The summed E-state index contributed by atoms with van der Waals surface area (Å²) in [5, 5.41) is 0. The summed E-state index contributed by atoms with van der Waals surface area (Å²) in [6, 6.07) is 0.800. The lowest BCUT2D eigenvalue weighted by molar-refractivity contribution is -0.114. The largest absolute Gasteiger partial charge is 0.328 e. The minimum atomic E-state index is 0.442. The van der Waals surface area contributed by atoms with Crippen LogP contribution in [0.3, 0.4) is 0 Å². The molecule has 7 saturated carbocycles. The molecule has 8 unspecified atom stereocenters. The molecule has 0 radical (unpaired) electrons.